The van der Waals surface area contributed by atoms with E-state index in [4.69, 9.17) is 0 Å². The zero-order chi connectivity index (χ0) is 5.98. The Kier molecular flexibility index (Phi) is 6.90. The van der Waals surface area contributed by atoms with Gasteiger partial charge in [-0.3, -0.25) is 0 Å². The number of rotatable bonds is 1. The van der Waals surface area contributed by atoms with Crippen molar-refractivity contribution in [3.8, 4) is 0 Å². The molecule has 0 atom stereocenters. The Morgan fingerprint density at radius 3 is 2.50 bits per heavy atom. The molecule has 6 heteroatoms. The minimum Gasteiger partial charge on any atom is -0.870 e. The molecule has 5 nitrogen and oxygen atoms in total. The first-order valence-electron chi connectivity index (χ1n) is 2.07. The van der Waals surface area contributed by atoms with Gasteiger partial charge in [0.15, 0.2) is 0 Å². The molecule has 0 saturated heterocycles. The van der Waals surface area contributed by atoms with Crippen molar-refractivity contribution in [1.82, 2.24) is 15.0 Å². The van der Waals surface area contributed by atoms with Crippen molar-refractivity contribution in [3.05, 3.63) is 11.9 Å². The maximum absolute atomic E-state index is 9.78. The molecule has 0 unspecified atom stereocenters. The molecule has 0 aliphatic carbocycles. The van der Waals surface area contributed by atoms with Gasteiger partial charge >= 0.3 is 29.6 Å². The summed E-state index contributed by atoms with van der Waals surface area (Å²) in [7, 11) is 1.69. The van der Waals surface area contributed by atoms with E-state index in [1.165, 1.54) is 10.9 Å². The molecule has 0 radical (unpaired) electrons. The molecule has 1 aromatic heterocycles. The zero-order valence-corrected chi connectivity index (χ0v) is 7.77. The minimum atomic E-state index is 0. The maximum Gasteiger partial charge on any atom is 1.00 e. The zero-order valence-electron chi connectivity index (χ0n) is 5.77. The van der Waals surface area contributed by atoms with E-state index in [-0.39, 0.29) is 40.7 Å². The molecule has 0 aliphatic rings. The van der Waals surface area contributed by atoms with Gasteiger partial charge in [0.1, 0.15) is 0 Å². The van der Waals surface area contributed by atoms with E-state index < -0.39 is 0 Å². The summed E-state index contributed by atoms with van der Waals surface area (Å²) < 4.78 is 1.44. The Morgan fingerprint density at radius 2 is 2.30 bits per heavy atom. The van der Waals surface area contributed by atoms with Crippen molar-refractivity contribution >= 4 is 6.29 Å². The van der Waals surface area contributed by atoms with Gasteiger partial charge in [-0.1, -0.05) is 11.4 Å². The number of aryl methyl sites for hydroxylation is 1. The van der Waals surface area contributed by atoms with E-state index in [1.54, 1.807) is 13.3 Å². The predicted molar refractivity (Wildman–Crippen MR) is 27.7 cm³/mol. The smallest absolute Gasteiger partial charge is 0.870 e. The minimum absolute atomic E-state index is 0. The second-order valence-electron chi connectivity index (χ2n) is 1.38. The molecule has 0 amide bonds. The Hall–Kier alpha value is -0.230. The second-order valence-corrected chi connectivity index (χ2v) is 1.38. The van der Waals surface area contributed by atoms with Gasteiger partial charge < -0.3 is 15.0 Å². The number of aromatic nitrogens is 3. The van der Waals surface area contributed by atoms with E-state index in [0.29, 0.717) is 0 Å². The molecule has 0 fully saturated rings. The molecule has 50 valence electrons. The molecule has 1 rings (SSSR count). The molecular weight excluding hydrogens is 145 g/mol. The summed E-state index contributed by atoms with van der Waals surface area (Å²) in [6, 6.07) is 0. The quantitative estimate of drug-likeness (QED) is 0.303. The summed E-state index contributed by atoms with van der Waals surface area (Å²) in [5.74, 6) is 0. The van der Waals surface area contributed by atoms with Crippen LogP contribution in [0.5, 0.6) is 0 Å². The first-order chi connectivity index (χ1) is 3.83. The molecule has 0 aliphatic heterocycles. The van der Waals surface area contributed by atoms with E-state index in [2.05, 4.69) is 10.3 Å². The van der Waals surface area contributed by atoms with Gasteiger partial charge in [-0.2, -0.15) is 5.10 Å². The molecule has 0 spiro atoms. The van der Waals surface area contributed by atoms with Crippen LogP contribution >= 0.6 is 0 Å². The van der Waals surface area contributed by atoms with Crippen molar-refractivity contribution in [1.29, 1.82) is 0 Å². The Balaban J connectivity index is 0. The molecule has 0 bridgehead atoms. The summed E-state index contributed by atoms with van der Waals surface area (Å²) >= 11 is 0. The monoisotopic (exact) mass is 150 g/mol. The third-order valence-corrected chi connectivity index (χ3v) is 0.707. The van der Waals surface area contributed by atoms with E-state index in [0.717, 1.165) is 0 Å². The van der Waals surface area contributed by atoms with Crippen LogP contribution < -0.4 is 29.6 Å². The van der Waals surface area contributed by atoms with Gasteiger partial charge in [0, 0.05) is 13.3 Å². The SMILES string of the molecule is Cn1cc([C-]=O)nn1.[Na+].[OH-]. The van der Waals surface area contributed by atoms with E-state index >= 15 is 0 Å². The predicted octanol–water partition coefficient (Wildman–Crippen LogP) is -3.90. The van der Waals surface area contributed by atoms with Crippen LogP contribution in [0, 0.1) is 0 Å². The Labute approximate surface area is 80.0 Å². The number of hydrogen-bond acceptors (Lipinski definition) is 4. The first-order valence-corrected chi connectivity index (χ1v) is 2.07. The number of hydrogen-bond donors (Lipinski definition) is 0. The van der Waals surface area contributed by atoms with Gasteiger partial charge in [0.2, 0.25) is 0 Å². The van der Waals surface area contributed by atoms with Crippen LogP contribution in [0.3, 0.4) is 0 Å². The van der Waals surface area contributed by atoms with Gasteiger partial charge in [-0.05, 0) is 5.69 Å². The summed E-state index contributed by atoms with van der Waals surface area (Å²) in [5, 5.41) is 6.92. The fourth-order valence-corrected chi connectivity index (χ4v) is 0.394. The van der Waals surface area contributed by atoms with E-state index in [9.17, 15) is 4.79 Å². The average molecular weight is 150 g/mol. The summed E-state index contributed by atoms with van der Waals surface area (Å²) in [4.78, 5) is 9.78. The molecule has 1 N–H and O–H groups in total. The van der Waals surface area contributed by atoms with Gasteiger partial charge in [0.25, 0.3) is 0 Å². The van der Waals surface area contributed by atoms with Crippen molar-refractivity contribution in [2.75, 3.05) is 0 Å². The fourth-order valence-electron chi connectivity index (χ4n) is 0.394. The van der Waals surface area contributed by atoms with Gasteiger partial charge in [-0.25, -0.2) is 0 Å². The number of nitrogens with zero attached hydrogens (tertiary/aromatic N) is 3. The third kappa shape index (κ3) is 3.07. The summed E-state index contributed by atoms with van der Waals surface area (Å²) in [6.45, 7) is 0. The van der Waals surface area contributed by atoms with Crippen LogP contribution in [0.25, 0.3) is 0 Å². The fraction of sp³-hybridized carbons (Fsp3) is 0.250. The first kappa shape index (κ1) is 12.4. The van der Waals surface area contributed by atoms with Crippen LogP contribution in [0.1, 0.15) is 5.69 Å². The van der Waals surface area contributed by atoms with Gasteiger partial charge in [-0.15, -0.1) is 0 Å². The molecular formula is C4H5N3NaO2-. The topological polar surface area (TPSA) is 77.8 Å². The normalized spacial score (nSPS) is 7.30. The largest absolute Gasteiger partial charge is 1.00 e. The average Bonchev–Trinajstić information content (AvgIpc) is 2.14. The molecule has 1 aromatic rings. The summed E-state index contributed by atoms with van der Waals surface area (Å²) in [5.41, 5.74) is 0.243. The van der Waals surface area contributed by atoms with Crippen LogP contribution in [0.2, 0.25) is 0 Å². The Morgan fingerprint density at radius 1 is 1.70 bits per heavy atom. The third-order valence-electron chi connectivity index (χ3n) is 0.707. The second kappa shape index (κ2) is 5.55. The van der Waals surface area contributed by atoms with E-state index in [1.807, 2.05) is 0 Å². The standard InChI is InChI=1S/C4H4N3O.Na.H2O/c1-7-2-4(3-8)5-6-7;;/h2H,1H3;;1H2/q-1;+1;/p-1. The Bertz CT molecular complexity index is 200. The molecule has 0 aromatic carbocycles. The van der Waals surface area contributed by atoms with Crippen LogP contribution in [-0.4, -0.2) is 26.8 Å². The van der Waals surface area contributed by atoms with Crippen molar-refractivity contribution in [2.45, 2.75) is 0 Å². The van der Waals surface area contributed by atoms with Crippen LogP contribution in [-0.2, 0) is 11.8 Å². The summed E-state index contributed by atoms with van der Waals surface area (Å²) in [6.07, 6.45) is 3.10. The maximum atomic E-state index is 9.78. The molecule has 0 saturated carbocycles. The van der Waals surface area contributed by atoms with Crippen LogP contribution in [0.15, 0.2) is 6.20 Å². The number of carbonyl (C=O) groups excluding carboxylic acids is 1. The molecule has 1 heterocycles. The molecule has 10 heavy (non-hydrogen) atoms. The van der Waals surface area contributed by atoms with Crippen molar-refractivity contribution in [3.63, 3.8) is 0 Å². The van der Waals surface area contributed by atoms with Gasteiger partial charge in [0.05, 0.1) is 0 Å². The van der Waals surface area contributed by atoms with Crippen molar-refractivity contribution < 1.29 is 39.8 Å². The van der Waals surface area contributed by atoms with Crippen molar-refractivity contribution in [2.24, 2.45) is 7.05 Å². The van der Waals surface area contributed by atoms with Crippen LogP contribution in [0.4, 0.5) is 0 Å².